The number of nitrogens with one attached hydrogen (secondary N) is 1. The van der Waals surface area contributed by atoms with Crippen LogP contribution in [0.15, 0.2) is 12.7 Å². The number of fused-ring (bicyclic) bond motifs is 1. The third kappa shape index (κ3) is 1.99. The lowest BCUT2D eigenvalue weighted by molar-refractivity contribution is -0.125. The molecule has 2 fully saturated rings. The average Bonchev–Trinajstić information content (AvgIpc) is 2.74. The Hall–Kier alpha value is -0.790. The first-order valence-electron chi connectivity index (χ1n) is 5.62. The van der Waals surface area contributed by atoms with E-state index in [9.17, 15) is 4.79 Å². The molecule has 1 N–H and O–H groups in total. The lowest BCUT2D eigenvalue weighted by Gasteiger charge is -2.16. The first-order valence-corrected chi connectivity index (χ1v) is 5.62. The molecule has 0 saturated heterocycles. The highest BCUT2D eigenvalue weighted by atomic mass is 16.1. The molecule has 78 valence electrons. The van der Waals surface area contributed by atoms with Crippen LogP contribution in [0.1, 0.15) is 32.6 Å². The van der Waals surface area contributed by atoms with Gasteiger partial charge in [0.25, 0.3) is 0 Å². The summed E-state index contributed by atoms with van der Waals surface area (Å²) in [4.78, 5) is 11.8. The van der Waals surface area contributed by atoms with Crippen molar-refractivity contribution in [3.05, 3.63) is 12.7 Å². The third-order valence-electron chi connectivity index (χ3n) is 3.52. The van der Waals surface area contributed by atoms with Crippen molar-refractivity contribution < 1.29 is 4.79 Å². The van der Waals surface area contributed by atoms with Crippen LogP contribution in [0.4, 0.5) is 0 Å². The summed E-state index contributed by atoms with van der Waals surface area (Å²) in [6.07, 6.45) is 6.38. The van der Waals surface area contributed by atoms with E-state index >= 15 is 0 Å². The largest absolute Gasteiger partial charge is 0.353 e. The van der Waals surface area contributed by atoms with Gasteiger partial charge in [0.05, 0.1) is 0 Å². The molecule has 2 aliphatic carbocycles. The third-order valence-corrected chi connectivity index (χ3v) is 3.52. The first-order chi connectivity index (χ1) is 6.70. The van der Waals surface area contributed by atoms with Crippen LogP contribution >= 0.6 is 0 Å². The molecular formula is C12H19NO. The minimum atomic E-state index is 0.247. The highest BCUT2D eigenvalue weighted by Crippen LogP contribution is 2.54. The molecule has 3 atom stereocenters. The second-order valence-corrected chi connectivity index (χ2v) is 4.86. The SMILES string of the molecule is C=CCC(C)NC(=O)C1CC2CC2C1. The van der Waals surface area contributed by atoms with E-state index in [1.54, 1.807) is 0 Å². The minimum Gasteiger partial charge on any atom is -0.353 e. The number of carbonyl (C=O) groups excluding carboxylic acids is 1. The molecule has 0 aromatic heterocycles. The molecule has 0 spiro atoms. The van der Waals surface area contributed by atoms with Crippen molar-refractivity contribution in [2.75, 3.05) is 0 Å². The summed E-state index contributed by atoms with van der Waals surface area (Å²) < 4.78 is 0. The Balaban J connectivity index is 1.75. The monoisotopic (exact) mass is 193 g/mol. The predicted molar refractivity (Wildman–Crippen MR) is 56.7 cm³/mol. The predicted octanol–water partition coefficient (Wildman–Crippen LogP) is 2.11. The minimum absolute atomic E-state index is 0.247. The average molecular weight is 193 g/mol. The molecule has 2 heteroatoms. The molecule has 0 bridgehead atoms. The molecule has 2 nitrogen and oxygen atoms in total. The zero-order valence-electron chi connectivity index (χ0n) is 8.83. The second-order valence-electron chi connectivity index (χ2n) is 4.86. The molecule has 0 aliphatic heterocycles. The van der Waals surface area contributed by atoms with E-state index in [-0.39, 0.29) is 11.9 Å². The zero-order valence-corrected chi connectivity index (χ0v) is 8.83. The Bertz CT molecular complexity index is 239. The summed E-state index contributed by atoms with van der Waals surface area (Å²) in [6.45, 7) is 5.71. The zero-order chi connectivity index (χ0) is 10.1. The van der Waals surface area contributed by atoms with Crippen LogP contribution in [0.5, 0.6) is 0 Å². The standard InChI is InChI=1S/C12H19NO/c1-3-4-8(2)13-12(14)11-6-9-5-10(9)7-11/h3,8-11H,1,4-7H2,2H3,(H,13,14). The van der Waals surface area contributed by atoms with Crippen molar-refractivity contribution in [2.45, 2.75) is 38.6 Å². The molecule has 0 aromatic carbocycles. The van der Waals surface area contributed by atoms with Crippen molar-refractivity contribution in [3.8, 4) is 0 Å². The van der Waals surface area contributed by atoms with E-state index in [0.29, 0.717) is 5.92 Å². The number of hydrogen-bond acceptors (Lipinski definition) is 1. The van der Waals surface area contributed by atoms with E-state index < -0.39 is 0 Å². The van der Waals surface area contributed by atoms with Gasteiger partial charge in [-0.25, -0.2) is 0 Å². The molecule has 0 radical (unpaired) electrons. The van der Waals surface area contributed by atoms with Crippen LogP contribution in [0.25, 0.3) is 0 Å². The van der Waals surface area contributed by atoms with E-state index in [1.165, 1.54) is 6.42 Å². The number of amides is 1. The van der Waals surface area contributed by atoms with Crippen molar-refractivity contribution >= 4 is 5.91 Å². The van der Waals surface area contributed by atoms with Gasteiger partial charge in [0.2, 0.25) is 5.91 Å². The molecule has 2 saturated carbocycles. The Labute approximate surface area is 85.8 Å². The van der Waals surface area contributed by atoms with Crippen molar-refractivity contribution in [1.82, 2.24) is 5.32 Å². The van der Waals surface area contributed by atoms with Gasteiger partial charge in [0, 0.05) is 12.0 Å². The van der Waals surface area contributed by atoms with E-state index in [0.717, 1.165) is 31.1 Å². The fourth-order valence-corrected chi connectivity index (χ4v) is 2.60. The van der Waals surface area contributed by atoms with Crippen LogP contribution in [0.3, 0.4) is 0 Å². The normalized spacial score (nSPS) is 35.9. The Morgan fingerprint density at radius 2 is 2.14 bits per heavy atom. The van der Waals surface area contributed by atoms with Gasteiger partial charge in [-0.15, -0.1) is 6.58 Å². The summed E-state index contributed by atoms with van der Waals surface area (Å²) in [7, 11) is 0. The topological polar surface area (TPSA) is 29.1 Å². The van der Waals surface area contributed by atoms with E-state index in [2.05, 4.69) is 11.9 Å². The van der Waals surface area contributed by atoms with Crippen LogP contribution in [-0.2, 0) is 4.79 Å². The molecule has 0 aromatic rings. The van der Waals surface area contributed by atoms with Gasteiger partial charge >= 0.3 is 0 Å². The van der Waals surface area contributed by atoms with E-state index in [4.69, 9.17) is 0 Å². The summed E-state index contributed by atoms with van der Waals surface area (Å²) in [5.41, 5.74) is 0. The van der Waals surface area contributed by atoms with Crippen LogP contribution in [0, 0.1) is 17.8 Å². The van der Waals surface area contributed by atoms with Gasteiger partial charge in [-0.1, -0.05) is 6.08 Å². The maximum Gasteiger partial charge on any atom is 0.223 e. The van der Waals surface area contributed by atoms with Gasteiger partial charge < -0.3 is 5.32 Å². The van der Waals surface area contributed by atoms with Gasteiger partial charge in [-0.2, -0.15) is 0 Å². The van der Waals surface area contributed by atoms with Crippen LogP contribution in [0.2, 0.25) is 0 Å². The van der Waals surface area contributed by atoms with E-state index in [1.807, 2.05) is 13.0 Å². The fraction of sp³-hybridized carbons (Fsp3) is 0.750. The molecular weight excluding hydrogens is 174 g/mol. The summed E-state index contributed by atoms with van der Waals surface area (Å²) in [6, 6.07) is 0.247. The first kappa shape index (κ1) is 9.75. The van der Waals surface area contributed by atoms with Gasteiger partial charge in [-0.3, -0.25) is 4.79 Å². The van der Waals surface area contributed by atoms with Gasteiger partial charge in [0.1, 0.15) is 0 Å². The Morgan fingerprint density at radius 1 is 1.50 bits per heavy atom. The molecule has 2 aliphatic rings. The smallest absolute Gasteiger partial charge is 0.223 e. The van der Waals surface area contributed by atoms with Gasteiger partial charge in [-0.05, 0) is 44.4 Å². The molecule has 1 amide bonds. The summed E-state index contributed by atoms with van der Waals surface area (Å²) >= 11 is 0. The second kappa shape index (κ2) is 3.76. The quantitative estimate of drug-likeness (QED) is 0.681. The fourth-order valence-electron chi connectivity index (χ4n) is 2.60. The highest BCUT2D eigenvalue weighted by Gasteiger charge is 2.47. The number of carbonyl (C=O) groups is 1. The maximum absolute atomic E-state index is 11.8. The van der Waals surface area contributed by atoms with Crippen LogP contribution < -0.4 is 5.32 Å². The highest BCUT2D eigenvalue weighted by molar-refractivity contribution is 5.79. The Morgan fingerprint density at radius 3 is 2.71 bits per heavy atom. The van der Waals surface area contributed by atoms with Crippen molar-refractivity contribution in [2.24, 2.45) is 17.8 Å². The lowest BCUT2D eigenvalue weighted by atomic mass is 10.0. The van der Waals surface area contributed by atoms with Gasteiger partial charge in [0.15, 0.2) is 0 Å². The van der Waals surface area contributed by atoms with Crippen molar-refractivity contribution in [1.29, 1.82) is 0 Å². The number of rotatable bonds is 4. The van der Waals surface area contributed by atoms with Crippen LogP contribution in [-0.4, -0.2) is 11.9 Å². The molecule has 2 rings (SSSR count). The Kier molecular flexibility index (Phi) is 2.62. The molecule has 0 heterocycles. The summed E-state index contributed by atoms with van der Waals surface area (Å²) in [5.74, 6) is 2.36. The molecule has 3 unspecified atom stereocenters. The maximum atomic E-state index is 11.8. The number of hydrogen-bond donors (Lipinski definition) is 1. The lowest BCUT2D eigenvalue weighted by Crippen LogP contribution is -2.36. The summed E-state index contributed by atoms with van der Waals surface area (Å²) in [5, 5.41) is 3.05. The van der Waals surface area contributed by atoms with Crippen molar-refractivity contribution in [3.63, 3.8) is 0 Å². The molecule has 14 heavy (non-hydrogen) atoms.